The van der Waals surface area contributed by atoms with E-state index in [0.29, 0.717) is 11.7 Å². The zero-order valence-corrected chi connectivity index (χ0v) is 14.2. The predicted octanol–water partition coefficient (Wildman–Crippen LogP) is 4.54. The first-order valence-corrected chi connectivity index (χ1v) is 7.79. The second-order valence-corrected chi connectivity index (χ2v) is 5.74. The van der Waals surface area contributed by atoms with Gasteiger partial charge in [-0.2, -0.15) is 4.98 Å². The lowest BCUT2D eigenvalue weighted by Crippen LogP contribution is -2.00. The maximum Gasteiger partial charge on any atom is 0.258 e. The monoisotopic (exact) mass is 324 g/mol. The second kappa shape index (κ2) is 6.74. The predicted molar refractivity (Wildman–Crippen MR) is 92.4 cm³/mol. The number of hydrogen-bond donors (Lipinski definition) is 0. The van der Waals surface area contributed by atoms with Crippen molar-refractivity contribution in [2.45, 2.75) is 19.8 Å². The van der Waals surface area contributed by atoms with Gasteiger partial charge in [0.05, 0.1) is 14.2 Å². The molecule has 0 amide bonds. The van der Waals surface area contributed by atoms with E-state index in [-0.39, 0.29) is 5.92 Å². The van der Waals surface area contributed by atoms with Crippen LogP contribution in [0.25, 0.3) is 22.8 Å². The van der Waals surface area contributed by atoms with E-state index in [1.165, 1.54) is 0 Å². The summed E-state index contributed by atoms with van der Waals surface area (Å²) in [6, 6.07) is 13.5. The number of nitrogens with zero attached hydrogens (tertiary/aromatic N) is 2. The molecule has 1 heterocycles. The minimum absolute atomic E-state index is 0.272. The molecule has 3 rings (SSSR count). The molecule has 3 aromatic rings. The molecule has 5 heteroatoms. The number of methoxy groups -OCH3 is 2. The average Bonchev–Trinajstić information content (AvgIpc) is 3.11. The van der Waals surface area contributed by atoms with Gasteiger partial charge in [-0.05, 0) is 30.2 Å². The third kappa shape index (κ3) is 2.97. The lowest BCUT2D eigenvalue weighted by molar-refractivity contribution is 0.382. The number of ether oxygens (including phenoxy) is 2. The van der Waals surface area contributed by atoms with Gasteiger partial charge in [0.1, 0.15) is 11.5 Å². The fourth-order valence-corrected chi connectivity index (χ4v) is 2.68. The van der Waals surface area contributed by atoms with Gasteiger partial charge in [0.2, 0.25) is 5.82 Å². The van der Waals surface area contributed by atoms with Crippen molar-refractivity contribution in [3.8, 4) is 34.3 Å². The van der Waals surface area contributed by atoms with E-state index < -0.39 is 0 Å². The van der Waals surface area contributed by atoms with Crippen LogP contribution >= 0.6 is 0 Å². The van der Waals surface area contributed by atoms with E-state index in [1.54, 1.807) is 14.2 Å². The highest BCUT2D eigenvalue weighted by molar-refractivity contribution is 5.66. The van der Waals surface area contributed by atoms with Crippen molar-refractivity contribution in [3.63, 3.8) is 0 Å². The van der Waals surface area contributed by atoms with Crippen LogP contribution in [0.1, 0.15) is 25.3 Å². The molecule has 0 atom stereocenters. The van der Waals surface area contributed by atoms with Gasteiger partial charge in [-0.1, -0.05) is 37.2 Å². The zero-order chi connectivity index (χ0) is 17.1. The molecule has 0 bridgehead atoms. The summed E-state index contributed by atoms with van der Waals surface area (Å²) in [6.07, 6.45) is 0. The highest BCUT2D eigenvalue weighted by Crippen LogP contribution is 2.39. The molecular formula is C19H20N2O3. The third-order valence-corrected chi connectivity index (χ3v) is 3.83. The third-order valence-electron chi connectivity index (χ3n) is 3.83. The quantitative estimate of drug-likeness (QED) is 0.689. The summed E-state index contributed by atoms with van der Waals surface area (Å²) >= 11 is 0. The molecule has 0 saturated heterocycles. The highest BCUT2D eigenvalue weighted by Gasteiger charge is 2.19. The highest BCUT2D eigenvalue weighted by atomic mass is 16.5. The summed E-state index contributed by atoms with van der Waals surface area (Å²) in [6.45, 7) is 4.20. The molecule has 2 aromatic carbocycles. The van der Waals surface area contributed by atoms with Gasteiger partial charge >= 0.3 is 0 Å². The molecule has 5 nitrogen and oxygen atoms in total. The van der Waals surface area contributed by atoms with Crippen molar-refractivity contribution in [3.05, 3.63) is 48.0 Å². The molecule has 0 unspecified atom stereocenters. The van der Waals surface area contributed by atoms with Gasteiger partial charge in [-0.3, -0.25) is 0 Å². The summed E-state index contributed by atoms with van der Waals surface area (Å²) < 4.78 is 16.5. The molecule has 0 spiro atoms. The Morgan fingerprint density at radius 1 is 0.917 bits per heavy atom. The van der Waals surface area contributed by atoms with Gasteiger partial charge in [0.25, 0.3) is 5.89 Å². The van der Waals surface area contributed by atoms with E-state index in [2.05, 4.69) is 24.0 Å². The molecule has 0 aliphatic heterocycles. The molecule has 0 aliphatic carbocycles. The first-order valence-electron chi connectivity index (χ1n) is 7.79. The Balaban J connectivity index is 2.06. The van der Waals surface area contributed by atoms with Gasteiger partial charge in [0.15, 0.2) is 0 Å². The molecule has 24 heavy (non-hydrogen) atoms. The van der Waals surface area contributed by atoms with Crippen LogP contribution in [0.5, 0.6) is 11.5 Å². The Morgan fingerprint density at radius 3 is 2.08 bits per heavy atom. The maximum atomic E-state index is 5.54. The Hall–Kier alpha value is -2.82. The van der Waals surface area contributed by atoms with Crippen molar-refractivity contribution in [2.75, 3.05) is 14.2 Å². The van der Waals surface area contributed by atoms with Crippen molar-refractivity contribution in [2.24, 2.45) is 0 Å². The summed E-state index contributed by atoms with van der Waals surface area (Å²) in [7, 11) is 3.30. The Labute approximate surface area is 141 Å². The van der Waals surface area contributed by atoms with Gasteiger partial charge in [-0.15, -0.1) is 0 Å². The number of benzene rings is 2. The van der Waals surface area contributed by atoms with E-state index in [4.69, 9.17) is 14.0 Å². The Morgan fingerprint density at radius 2 is 1.54 bits per heavy atom. The van der Waals surface area contributed by atoms with E-state index in [0.717, 1.165) is 28.2 Å². The lowest BCUT2D eigenvalue weighted by Gasteiger charge is -2.17. The van der Waals surface area contributed by atoms with Crippen molar-refractivity contribution >= 4 is 0 Å². The smallest absolute Gasteiger partial charge is 0.258 e. The summed E-state index contributed by atoms with van der Waals surface area (Å²) in [4.78, 5) is 4.49. The maximum absolute atomic E-state index is 5.54. The standard InChI is InChI=1S/C19H20N2O3/c1-12(2)17-15(22-3)10-14(11-16(17)23-4)18-20-19(24-21-18)13-8-6-5-7-9-13/h5-12H,1-4H3. The van der Waals surface area contributed by atoms with Crippen LogP contribution in [0.3, 0.4) is 0 Å². The SMILES string of the molecule is COc1cc(-c2noc(-c3ccccc3)n2)cc(OC)c1C(C)C. The summed E-state index contributed by atoms with van der Waals surface area (Å²) in [5.41, 5.74) is 2.70. The van der Waals surface area contributed by atoms with Crippen LogP contribution in [0.15, 0.2) is 47.0 Å². The molecule has 0 fully saturated rings. The van der Waals surface area contributed by atoms with Crippen LogP contribution in [0.2, 0.25) is 0 Å². The average molecular weight is 324 g/mol. The lowest BCUT2D eigenvalue weighted by atomic mass is 9.98. The topological polar surface area (TPSA) is 57.4 Å². The number of hydrogen-bond acceptors (Lipinski definition) is 5. The van der Waals surface area contributed by atoms with Crippen LogP contribution in [0.4, 0.5) is 0 Å². The second-order valence-electron chi connectivity index (χ2n) is 5.74. The molecule has 0 N–H and O–H groups in total. The minimum Gasteiger partial charge on any atom is -0.496 e. The minimum atomic E-state index is 0.272. The van der Waals surface area contributed by atoms with E-state index in [1.807, 2.05) is 42.5 Å². The fourth-order valence-electron chi connectivity index (χ4n) is 2.68. The van der Waals surface area contributed by atoms with Crippen LogP contribution in [0, 0.1) is 0 Å². The largest absolute Gasteiger partial charge is 0.496 e. The Kier molecular flexibility index (Phi) is 4.51. The van der Waals surface area contributed by atoms with E-state index >= 15 is 0 Å². The molecule has 0 aliphatic rings. The van der Waals surface area contributed by atoms with Gasteiger partial charge in [0, 0.05) is 16.7 Å². The van der Waals surface area contributed by atoms with E-state index in [9.17, 15) is 0 Å². The molecular weight excluding hydrogens is 304 g/mol. The van der Waals surface area contributed by atoms with Crippen molar-refractivity contribution in [1.29, 1.82) is 0 Å². The molecule has 0 radical (unpaired) electrons. The van der Waals surface area contributed by atoms with Crippen LogP contribution < -0.4 is 9.47 Å². The van der Waals surface area contributed by atoms with Crippen LogP contribution in [-0.4, -0.2) is 24.4 Å². The van der Waals surface area contributed by atoms with Crippen LogP contribution in [-0.2, 0) is 0 Å². The number of aromatic nitrogens is 2. The normalized spacial score (nSPS) is 10.9. The summed E-state index contributed by atoms with van der Waals surface area (Å²) in [5, 5.41) is 4.09. The van der Waals surface area contributed by atoms with Gasteiger partial charge in [-0.25, -0.2) is 0 Å². The number of rotatable bonds is 5. The first-order chi connectivity index (χ1) is 11.6. The zero-order valence-electron chi connectivity index (χ0n) is 14.2. The Bertz CT molecular complexity index is 801. The van der Waals surface area contributed by atoms with Crippen molar-refractivity contribution < 1.29 is 14.0 Å². The molecule has 0 saturated carbocycles. The molecule has 1 aromatic heterocycles. The van der Waals surface area contributed by atoms with Crippen molar-refractivity contribution in [1.82, 2.24) is 10.1 Å². The first kappa shape index (κ1) is 16.1. The fraction of sp³-hybridized carbons (Fsp3) is 0.263. The van der Waals surface area contributed by atoms with Gasteiger partial charge < -0.3 is 14.0 Å². The molecule has 124 valence electrons. The summed E-state index contributed by atoms with van der Waals surface area (Å²) in [5.74, 6) is 2.77.